The maximum atomic E-state index is 5.80. The van der Waals surface area contributed by atoms with Gasteiger partial charge in [0.2, 0.25) is 0 Å². The Morgan fingerprint density at radius 2 is 2.32 bits per heavy atom. The zero-order valence-corrected chi connectivity index (χ0v) is 11.8. The molecule has 4 nitrogen and oxygen atoms in total. The van der Waals surface area contributed by atoms with Gasteiger partial charge in [-0.25, -0.2) is 0 Å². The Bertz CT molecular complexity index is 403. The lowest BCUT2D eigenvalue weighted by atomic mass is 9.94. The topological polar surface area (TPSA) is 56.5 Å². The van der Waals surface area contributed by atoms with Gasteiger partial charge in [0.1, 0.15) is 5.75 Å². The number of benzene rings is 1. The van der Waals surface area contributed by atoms with E-state index in [0.29, 0.717) is 6.10 Å². The fourth-order valence-electron chi connectivity index (χ4n) is 2.71. The lowest BCUT2D eigenvalue weighted by Crippen LogP contribution is -2.33. The standard InChI is InChI=1S/C15H24N2O2/c1-11-9-12(18-2)6-7-14(11)15(17-16)10-13-5-3-4-8-19-13/h6-7,9,13,15,17H,3-5,8,10,16H2,1-2H3. The summed E-state index contributed by atoms with van der Waals surface area (Å²) < 4.78 is 11.0. The molecule has 0 radical (unpaired) electrons. The van der Waals surface area contributed by atoms with E-state index in [4.69, 9.17) is 15.3 Å². The van der Waals surface area contributed by atoms with E-state index in [1.54, 1.807) is 7.11 Å². The van der Waals surface area contributed by atoms with Crippen LogP contribution in [0.2, 0.25) is 0 Å². The van der Waals surface area contributed by atoms with Crippen molar-refractivity contribution in [1.29, 1.82) is 0 Å². The summed E-state index contributed by atoms with van der Waals surface area (Å²) in [5, 5.41) is 0. The van der Waals surface area contributed by atoms with Crippen LogP contribution < -0.4 is 16.0 Å². The van der Waals surface area contributed by atoms with Gasteiger partial charge in [0, 0.05) is 12.6 Å². The number of hydrogen-bond donors (Lipinski definition) is 2. The quantitative estimate of drug-likeness (QED) is 0.633. The molecule has 1 aliphatic rings. The minimum Gasteiger partial charge on any atom is -0.497 e. The van der Waals surface area contributed by atoms with E-state index >= 15 is 0 Å². The highest BCUT2D eigenvalue weighted by Gasteiger charge is 2.21. The number of hydrazine groups is 1. The molecule has 19 heavy (non-hydrogen) atoms. The molecule has 106 valence electrons. The van der Waals surface area contributed by atoms with E-state index in [2.05, 4.69) is 18.4 Å². The summed E-state index contributed by atoms with van der Waals surface area (Å²) >= 11 is 0. The van der Waals surface area contributed by atoms with Crippen molar-refractivity contribution < 1.29 is 9.47 Å². The van der Waals surface area contributed by atoms with Crippen LogP contribution in [0.15, 0.2) is 18.2 Å². The molecular formula is C15H24N2O2. The normalized spacial score (nSPS) is 21.1. The van der Waals surface area contributed by atoms with Gasteiger partial charge < -0.3 is 9.47 Å². The van der Waals surface area contributed by atoms with Crippen LogP contribution in [-0.4, -0.2) is 19.8 Å². The summed E-state index contributed by atoms with van der Waals surface area (Å²) in [4.78, 5) is 0. The molecule has 1 aromatic carbocycles. The molecule has 2 rings (SSSR count). The molecule has 0 amide bonds. The van der Waals surface area contributed by atoms with E-state index in [1.165, 1.54) is 24.0 Å². The summed E-state index contributed by atoms with van der Waals surface area (Å²) in [5.41, 5.74) is 5.34. The van der Waals surface area contributed by atoms with Gasteiger partial charge in [-0.2, -0.15) is 0 Å². The second-order valence-electron chi connectivity index (χ2n) is 5.17. The average molecular weight is 264 g/mol. The number of rotatable bonds is 5. The maximum Gasteiger partial charge on any atom is 0.119 e. The molecular weight excluding hydrogens is 240 g/mol. The Kier molecular flexibility index (Phi) is 5.19. The van der Waals surface area contributed by atoms with E-state index in [-0.39, 0.29) is 6.04 Å². The average Bonchev–Trinajstić information content (AvgIpc) is 2.46. The third-order valence-corrected chi connectivity index (χ3v) is 3.83. The molecule has 3 N–H and O–H groups in total. The molecule has 1 aromatic rings. The number of nitrogens with one attached hydrogen (secondary N) is 1. The first kappa shape index (κ1) is 14.3. The summed E-state index contributed by atoms with van der Waals surface area (Å²) in [7, 11) is 1.68. The second-order valence-corrected chi connectivity index (χ2v) is 5.17. The Balaban J connectivity index is 2.07. The predicted octanol–water partition coefficient (Wildman–Crippen LogP) is 2.47. The number of methoxy groups -OCH3 is 1. The van der Waals surface area contributed by atoms with Crippen LogP contribution in [0.1, 0.15) is 42.9 Å². The van der Waals surface area contributed by atoms with Crippen molar-refractivity contribution in [2.75, 3.05) is 13.7 Å². The van der Waals surface area contributed by atoms with Gasteiger partial charge in [0.25, 0.3) is 0 Å². The first-order valence-electron chi connectivity index (χ1n) is 6.97. The number of ether oxygens (including phenoxy) is 2. The van der Waals surface area contributed by atoms with Gasteiger partial charge in [-0.1, -0.05) is 6.07 Å². The highest BCUT2D eigenvalue weighted by atomic mass is 16.5. The Morgan fingerprint density at radius 1 is 1.47 bits per heavy atom. The van der Waals surface area contributed by atoms with Gasteiger partial charge in [0.15, 0.2) is 0 Å². The van der Waals surface area contributed by atoms with Crippen LogP contribution in [-0.2, 0) is 4.74 Å². The zero-order chi connectivity index (χ0) is 13.7. The van der Waals surface area contributed by atoms with Crippen molar-refractivity contribution in [1.82, 2.24) is 5.43 Å². The van der Waals surface area contributed by atoms with Gasteiger partial charge in [-0.3, -0.25) is 11.3 Å². The summed E-state index contributed by atoms with van der Waals surface area (Å²) in [5.74, 6) is 6.61. The van der Waals surface area contributed by atoms with Crippen LogP contribution >= 0.6 is 0 Å². The SMILES string of the molecule is COc1ccc(C(CC2CCCCO2)NN)c(C)c1. The molecule has 0 spiro atoms. The molecule has 0 aliphatic carbocycles. The fourth-order valence-corrected chi connectivity index (χ4v) is 2.71. The van der Waals surface area contributed by atoms with Crippen molar-refractivity contribution in [3.63, 3.8) is 0 Å². The molecule has 4 heteroatoms. The van der Waals surface area contributed by atoms with Gasteiger partial charge in [-0.05, 0) is 55.9 Å². The van der Waals surface area contributed by atoms with Crippen molar-refractivity contribution in [3.05, 3.63) is 29.3 Å². The monoisotopic (exact) mass is 264 g/mol. The Hall–Kier alpha value is -1.10. The van der Waals surface area contributed by atoms with Crippen molar-refractivity contribution >= 4 is 0 Å². The lowest BCUT2D eigenvalue weighted by Gasteiger charge is -2.27. The first-order chi connectivity index (χ1) is 9.24. The van der Waals surface area contributed by atoms with Crippen LogP contribution in [0.25, 0.3) is 0 Å². The Morgan fingerprint density at radius 3 is 2.89 bits per heavy atom. The Labute approximate surface area is 115 Å². The third kappa shape index (κ3) is 3.69. The van der Waals surface area contributed by atoms with Crippen molar-refractivity contribution in [2.45, 2.75) is 44.8 Å². The molecule has 2 atom stereocenters. The van der Waals surface area contributed by atoms with Crippen LogP contribution in [0.4, 0.5) is 0 Å². The number of nitrogens with two attached hydrogens (primary N) is 1. The molecule has 2 unspecified atom stereocenters. The zero-order valence-electron chi connectivity index (χ0n) is 11.8. The smallest absolute Gasteiger partial charge is 0.119 e. The summed E-state index contributed by atoms with van der Waals surface area (Å²) in [6, 6.07) is 6.24. The summed E-state index contributed by atoms with van der Waals surface area (Å²) in [6.45, 7) is 2.97. The van der Waals surface area contributed by atoms with Gasteiger partial charge in [0.05, 0.1) is 13.2 Å². The molecule has 0 saturated carbocycles. The molecule has 0 aromatic heterocycles. The van der Waals surface area contributed by atoms with E-state index in [0.717, 1.165) is 25.2 Å². The van der Waals surface area contributed by atoms with Gasteiger partial charge in [-0.15, -0.1) is 0 Å². The first-order valence-corrected chi connectivity index (χ1v) is 6.97. The highest BCUT2D eigenvalue weighted by molar-refractivity contribution is 5.36. The fraction of sp³-hybridized carbons (Fsp3) is 0.600. The van der Waals surface area contributed by atoms with Crippen LogP contribution in [0, 0.1) is 6.92 Å². The lowest BCUT2D eigenvalue weighted by molar-refractivity contribution is 0.00499. The number of aryl methyl sites for hydroxylation is 1. The third-order valence-electron chi connectivity index (χ3n) is 3.83. The van der Waals surface area contributed by atoms with E-state index in [9.17, 15) is 0 Å². The maximum absolute atomic E-state index is 5.80. The minimum atomic E-state index is 0.133. The van der Waals surface area contributed by atoms with Crippen LogP contribution in [0.3, 0.4) is 0 Å². The largest absolute Gasteiger partial charge is 0.497 e. The van der Waals surface area contributed by atoms with Crippen LogP contribution in [0.5, 0.6) is 5.75 Å². The van der Waals surface area contributed by atoms with E-state index < -0.39 is 0 Å². The minimum absolute atomic E-state index is 0.133. The van der Waals surface area contributed by atoms with Crippen molar-refractivity contribution in [2.24, 2.45) is 5.84 Å². The molecule has 1 aliphatic heterocycles. The van der Waals surface area contributed by atoms with E-state index in [1.807, 2.05) is 12.1 Å². The predicted molar refractivity (Wildman–Crippen MR) is 76.0 cm³/mol. The molecule has 1 saturated heterocycles. The molecule has 1 fully saturated rings. The van der Waals surface area contributed by atoms with Gasteiger partial charge >= 0.3 is 0 Å². The van der Waals surface area contributed by atoms with Crippen molar-refractivity contribution in [3.8, 4) is 5.75 Å². The molecule has 1 heterocycles. The highest BCUT2D eigenvalue weighted by Crippen LogP contribution is 2.28. The molecule has 0 bridgehead atoms. The number of hydrogen-bond acceptors (Lipinski definition) is 4. The summed E-state index contributed by atoms with van der Waals surface area (Å²) in [6.07, 6.45) is 4.80. The second kappa shape index (κ2) is 6.89.